The predicted molar refractivity (Wildman–Crippen MR) is 96.1 cm³/mol. The molecule has 2 aromatic heterocycles. The van der Waals surface area contributed by atoms with Gasteiger partial charge in [-0.15, -0.1) is 11.3 Å². The molecular formula is C18H13ClO2S2. The third-order valence-corrected chi connectivity index (χ3v) is 5.42. The van der Waals surface area contributed by atoms with Crippen molar-refractivity contribution < 1.29 is 9.59 Å². The lowest BCUT2D eigenvalue weighted by molar-refractivity contribution is 0.0896. The smallest absolute Gasteiger partial charge is 0.180 e. The summed E-state index contributed by atoms with van der Waals surface area (Å²) in [6.07, 6.45) is 0.162. The van der Waals surface area contributed by atoms with E-state index < -0.39 is 5.92 Å². The first-order chi connectivity index (χ1) is 11.1. The molecule has 1 aromatic carbocycles. The molecule has 3 rings (SSSR count). The van der Waals surface area contributed by atoms with Gasteiger partial charge in [0.05, 0.1) is 10.8 Å². The Balaban J connectivity index is 1.86. The van der Waals surface area contributed by atoms with E-state index in [0.717, 1.165) is 5.56 Å². The SMILES string of the molecule is O=C(CC(C(=O)c1cccs1)c1ccsc1)c1ccc(Cl)cc1. The number of rotatable bonds is 6. The summed E-state index contributed by atoms with van der Waals surface area (Å²) in [6, 6.07) is 12.3. The molecule has 2 nitrogen and oxygen atoms in total. The highest BCUT2D eigenvalue weighted by Crippen LogP contribution is 2.29. The van der Waals surface area contributed by atoms with Crippen LogP contribution in [-0.2, 0) is 0 Å². The maximum Gasteiger partial charge on any atom is 0.180 e. The van der Waals surface area contributed by atoms with Gasteiger partial charge >= 0.3 is 0 Å². The minimum atomic E-state index is -0.442. The fourth-order valence-corrected chi connectivity index (χ4v) is 3.92. The molecule has 116 valence electrons. The summed E-state index contributed by atoms with van der Waals surface area (Å²) in [5, 5.41) is 6.33. The van der Waals surface area contributed by atoms with Crippen LogP contribution < -0.4 is 0 Å². The molecule has 1 atom stereocenters. The lowest BCUT2D eigenvalue weighted by Gasteiger charge is -2.13. The van der Waals surface area contributed by atoms with Crippen molar-refractivity contribution in [3.8, 4) is 0 Å². The zero-order valence-electron chi connectivity index (χ0n) is 12.1. The van der Waals surface area contributed by atoms with Gasteiger partial charge in [0.2, 0.25) is 0 Å². The van der Waals surface area contributed by atoms with E-state index in [2.05, 4.69) is 0 Å². The van der Waals surface area contributed by atoms with Gasteiger partial charge in [0.1, 0.15) is 0 Å². The van der Waals surface area contributed by atoms with Crippen molar-refractivity contribution in [3.63, 3.8) is 0 Å². The van der Waals surface area contributed by atoms with Crippen LogP contribution in [0.25, 0.3) is 0 Å². The van der Waals surface area contributed by atoms with E-state index in [0.29, 0.717) is 15.5 Å². The third-order valence-electron chi connectivity index (χ3n) is 3.58. The Labute approximate surface area is 147 Å². The van der Waals surface area contributed by atoms with Crippen molar-refractivity contribution in [2.45, 2.75) is 12.3 Å². The molecule has 0 spiro atoms. The fraction of sp³-hybridized carbons (Fsp3) is 0.111. The van der Waals surface area contributed by atoms with Crippen molar-refractivity contribution in [1.82, 2.24) is 0 Å². The molecule has 0 amide bonds. The summed E-state index contributed by atoms with van der Waals surface area (Å²) >= 11 is 8.80. The van der Waals surface area contributed by atoms with Gasteiger partial charge in [-0.1, -0.05) is 17.7 Å². The van der Waals surface area contributed by atoms with Gasteiger partial charge in [0, 0.05) is 17.0 Å². The molecule has 23 heavy (non-hydrogen) atoms. The molecule has 1 unspecified atom stereocenters. The lowest BCUT2D eigenvalue weighted by Crippen LogP contribution is -2.16. The van der Waals surface area contributed by atoms with E-state index in [9.17, 15) is 9.59 Å². The van der Waals surface area contributed by atoms with Crippen LogP contribution in [0.1, 0.15) is 37.9 Å². The molecule has 0 aliphatic rings. The van der Waals surface area contributed by atoms with Gasteiger partial charge in [-0.25, -0.2) is 0 Å². The Kier molecular flexibility index (Phi) is 5.06. The topological polar surface area (TPSA) is 34.1 Å². The van der Waals surface area contributed by atoms with Gasteiger partial charge in [0.25, 0.3) is 0 Å². The quantitative estimate of drug-likeness (QED) is 0.528. The number of thiophene rings is 2. The summed E-state index contributed by atoms with van der Waals surface area (Å²) in [6.45, 7) is 0. The van der Waals surface area contributed by atoms with Crippen LogP contribution in [0.2, 0.25) is 5.02 Å². The maximum absolute atomic E-state index is 12.8. The molecule has 0 saturated carbocycles. The predicted octanol–water partition coefficient (Wildman–Crippen LogP) is 5.70. The molecule has 0 aliphatic carbocycles. The second kappa shape index (κ2) is 7.21. The number of halogens is 1. The Morgan fingerprint density at radius 3 is 2.43 bits per heavy atom. The van der Waals surface area contributed by atoms with Gasteiger partial charge in [-0.05, 0) is 58.1 Å². The number of hydrogen-bond donors (Lipinski definition) is 0. The highest BCUT2D eigenvalue weighted by atomic mass is 35.5. The lowest BCUT2D eigenvalue weighted by atomic mass is 9.89. The second-order valence-corrected chi connectivity index (χ2v) is 7.25. The van der Waals surface area contributed by atoms with E-state index >= 15 is 0 Å². The van der Waals surface area contributed by atoms with E-state index in [1.54, 1.807) is 30.3 Å². The summed E-state index contributed by atoms with van der Waals surface area (Å²) in [4.78, 5) is 26.0. The number of carbonyl (C=O) groups is 2. The zero-order valence-corrected chi connectivity index (χ0v) is 14.5. The fourth-order valence-electron chi connectivity index (χ4n) is 2.36. The highest BCUT2D eigenvalue weighted by molar-refractivity contribution is 7.12. The number of ketones is 2. The molecule has 5 heteroatoms. The number of hydrogen-bond acceptors (Lipinski definition) is 4. The molecule has 3 aromatic rings. The number of Topliss-reactive ketones (excluding diaryl/α,β-unsaturated/α-hetero) is 2. The molecule has 0 saturated heterocycles. The minimum Gasteiger partial charge on any atom is -0.294 e. The highest BCUT2D eigenvalue weighted by Gasteiger charge is 2.26. The molecule has 0 radical (unpaired) electrons. The Morgan fingerprint density at radius 1 is 1.04 bits per heavy atom. The van der Waals surface area contributed by atoms with Crippen LogP contribution in [0.4, 0.5) is 0 Å². The molecule has 0 bridgehead atoms. The van der Waals surface area contributed by atoms with Crippen molar-refractivity contribution in [2.24, 2.45) is 0 Å². The standard InChI is InChI=1S/C18H13ClO2S2/c19-14-5-3-12(4-6-14)16(20)10-15(13-7-9-22-11-13)18(21)17-2-1-8-23-17/h1-9,11,15H,10H2. The van der Waals surface area contributed by atoms with Gasteiger partial charge in [-0.2, -0.15) is 11.3 Å². The van der Waals surface area contributed by atoms with E-state index in [1.165, 1.54) is 22.7 Å². The monoisotopic (exact) mass is 360 g/mol. The van der Waals surface area contributed by atoms with Gasteiger partial charge in [0.15, 0.2) is 11.6 Å². The zero-order chi connectivity index (χ0) is 16.2. The van der Waals surface area contributed by atoms with Crippen molar-refractivity contribution in [2.75, 3.05) is 0 Å². The number of carbonyl (C=O) groups excluding carboxylic acids is 2. The molecule has 2 heterocycles. The first-order valence-corrected chi connectivity index (χ1v) is 9.24. The second-order valence-electron chi connectivity index (χ2n) is 5.09. The largest absolute Gasteiger partial charge is 0.294 e. The minimum absolute atomic E-state index is 0.000661. The van der Waals surface area contributed by atoms with E-state index in [-0.39, 0.29) is 18.0 Å². The number of benzene rings is 1. The Bertz CT molecular complexity index is 790. The van der Waals surface area contributed by atoms with Crippen LogP contribution in [0.3, 0.4) is 0 Å². The normalized spacial score (nSPS) is 12.0. The van der Waals surface area contributed by atoms with E-state index in [4.69, 9.17) is 11.6 Å². The average Bonchev–Trinajstić information content (AvgIpc) is 3.25. The van der Waals surface area contributed by atoms with Crippen molar-refractivity contribution in [1.29, 1.82) is 0 Å². The average molecular weight is 361 g/mol. The molecule has 0 aliphatic heterocycles. The molecular weight excluding hydrogens is 348 g/mol. The molecule has 0 N–H and O–H groups in total. The first kappa shape index (κ1) is 16.1. The Hall–Kier alpha value is -1.75. The van der Waals surface area contributed by atoms with E-state index in [1.807, 2.05) is 28.3 Å². The van der Waals surface area contributed by atoms with Gasteiger partial charge in [-0.3, -0.25) is 9.59 Å². The summed E-state index contributed by atoms with van der Waals surface area (Å²) in [7, 11) is 0. The summed E-state index contributed by atoms with van der Waals surface area (Å²) < 4.78 is 0. The van der Waals surface area contributed by atoms with Gasteiger partial charge < -0.3 is 0 Å². The third kappa shape index (κ3) is 3.78. The maximum atomic E-state index is 12.8. The van der Waals surface area contributed by atoms with Crippen LogP contribution in [0.5, 0.6) is 0 Å². The molecule has 0 fully saturated rings. The van der Waals surface area contributed by atoms with Crippen LogP contribution in [0.15, 0.2) is 58.6 Å². The van der Waals surface area contributed by atoms with Crippen LogP contribution in [-0.4, -0.2) is 11.6 Å². The van der Waals surface area contributed by atoms with Crippen LogP contribution >= 0.6 is 34.3 Å². The van der Waals surface area contributed by atoms with Crippen LogP contribution in [0, 0.1) is 0 Å². The first-order valence-electron chi connectivity index (χ1n) is 7.04. The Morgan fingerprint density at radius 2 is 1.83 bits per heavy atom. The van der Waals surface area contributed by atoms with Crippen molar-refractivity contribution in [3.05, 3.63) is 79.6 Å². The van der Waals surface area contributed by atoms with Crippen molar-refractivity contribution >= 4 is 45.8 Å². The summed E-state index contributed by atoms with van der Waals surface area (Å²) in [5.41, 5.74) is 1.48. The summed E-state index contributed by atoms with van der Waals surface area (Å²) in [5.74, 6) is -0.494.